The second-order valence-corrected chi connectivity index (χ2v) is 5.55. The number of rotatable bonds is 4. The maximum Gasteiger partial charge on any atom is 0.129 e. The lowest BCUT2D eigenvalue weighted by molar-refractivity contribution is 0.0663. The van der Waals surface area contributed by atoms with E-state index in [4.69, 9.17) is 27.9 Å². The van der Waals surface area contributed by atoms with Crippen LogP contribution in [-0.2, 0) is 11.3 Å². The molecule has 4 heteroatoms. The van der Waals surface area contributed by atoms with E-state index in [0.717, 1.165) is 19.4 Å². The van der Waals surface area contributed by atoms with E-state index >= 15 is 0 Å². The van der Waals surface area contributed by atoms with E-state index in [2.05, 4.69) is 24.1 Å². The van der Waals surface area contributed by atoms with Crippen LogP contribution in [0.25, 0.3) is 0 Å². The Balaban J connectivity index is 1.84. The first-order chi connectivity index (χ1) is 8.66. The van der Waals surface area contributed by atoms with E-state index in [9.17, 15) is 0 Å². The number of nitrogens with zero attached hydrogens (tertiary/aromatic N) is 1. The summed E-state index contributed by atoms with van der Waals surface area (Å²) in [4.78, 5) is 4.17. The molecule has 1 aromatic heterocycles. The average Bonchev–Trinajstić information content (AvgIpc) is 2.36. The van der Waals surface area contributed by atoms with Gasteiger partial charge in [0, 0.05) is 0 Å². The van der Waals surface area contributed by atoms with Crippen molar-refractivity contribution in [1.82, 2.24) is 4.98 Å². The van der Waals surface area contributed by atoms with Gasteiger partial charge in [-0.3, -0.25) is 0 Å². The van der Waals surface area contributed by atoms with Crippen molar-refractivity contribution < 1.29 is 4.74 Å². The molecule has 98 valence electrons. The standard InChI is InChI=1S/C14H17Cl2NO/c1-10-4-2-3-5-11(10)8-18-9-13-12(15)6-7-14(16)17-13/h2-3,6-7,10-11H,4-5,8-9H2,1H3. The molecule has 0 bridgehead atoms. The Bertz CT molecular complexity index is 434. The number of ether oxygens (including phenoxy) is 1. The van der Waals surface area contributed by atoms with Crippen molar-refractivity contribution in [3.05, 3.63) is 40.2 Å². The first-order valence-electron chi connectivity index (χ1n) is 6.20. The molecule has 1 heterocycles. The van der Waals surface area contributed by atoms with Gasteiger partial charge < -0.3 is 4.74 Å². The summed E-state index contributed by atoms with van der Waals surface area (Å²) in [6.07, 6.45) is 6.72. The molecule has 2 atom stereocenters. The Morgan fingerprint density at radius 3 is 2.83 bits per heavy atom. The minimum Gasteiger partial charge on any atom is -0.375 e. The van der Waals surface area contributed by atoms with Crippen LogP contribution in [0.4, 0.5) is 0 Å². The third-order valence-electron chi connectivity index (χ3n) is 3.37. The van der Waals surface area contributed by atoms with Gasteiger partial charge in [-0.2, -0.15) is 0 Å². The maximum atomic E-state index is 6.03. The summed E-state index contributed by atoms with van der Waals surface area (Å²) in [7, 11) is 0. The van der Waals surface area contributed by atoms with Gasteiger partial charge in [-0.15, -0.1) is 0 Å². The van der Waals surface area contributed by atoms with E-state index in [-0.39, 0.29) is 0 Å². The van der Waals surface area contributed by atoms with Gasteiger partial charge in [0.05, 0.1) is 23.9 Å². The monoisotopic (exact) mass is 285 g/mol. The largest absolute Gasteiger partial charge is 0.375 e. The molecule has 0 aromatic carbocycles. The maximum absolute atomic E-state index is 6.03. The Labute approximate surface area is 118 Å². The smallest absolute Gasteiger partial charge is 0.129 e. The molecule has 0 N–H and O–H groups in total. The van der Waals surface area contributed by atoms with Crippen molar-refractivity contribution in [2.75, 3.05) is 6.61 Å². The lowest BCUT2D eigenvalue weighted by atomic mass is 9.85. The molecule has 0 saturated heterocycles. The van der Waals surface area contributed by atoms with Crippen molar-refractivity contribution in [2.24, 2.45) is 11.8 Å². The Hall–Kier alpha value is -0.570. The molecular formula is C14H17Cl2NO. The highest BCUT2D eigenvalue weighted by molar-refractivity contribution is 6.32. The van der Waals surface area contributed by atoms with Crippen molar-refractivity contribution in [2.45, 2.75) is 26.4 Å². The first-order valence-corrected chi connectivity index (χ1v) is 6.96. The van der Waals surface area contributed by atoms with Crippen LogP contribution in [-0.4, -0.2) is 11.6 Å². The zero-order valence-corrected chi connectivity index (χ0v) is 11.9. The number of pyridine rings is 1. The van der Waals surface area contributed by atoms with Gasteiger partial charge in [0.25, 0.3) is 0 Å². The lowest BCUT2D eigenvalue weighted by Gasteiger charge is -2.24. The quantitative estimate of drug-likeness (QED) is 0.600. The van der Waals surface area contributed by atoms with Crippen molar-refractivity contribution in [3.63, 3.8) is 0 Å². The zero-order chi connectivity index (χ0) is 13.0. The molecule has 0 radical (unpaired) electrons. The molecule has 2 unspecified atom stereocenters. The topological polar surface area (TPSA) is 22.1 Å². The summed E-state index contributed by atoms with van der Waals surface area (Å²) in [5.74, 6) is 1.27. The van der Waals surface area contributed by atoms with Gasteiger partial charge in [-0.1, -0.05) is 42.3 Å². The van der Waals surface area contributed by atoms with Crippen LogP contribution in [0.1, 0.15) is 25.5 Å². The van der Waals surface area contributed by atoms with Gasteiger partial charge in [-0.25, -0.2) is 4.98 Å². The number of hydrogen-bond donors (Lipinski definition) is 0. The zero-order valence-electron chi connectivity index (χ0n) is 10.4. The van der Waals surface area contributed by atoms with E-state index in [1.165, 1.54) is 0 Å². The highest BCUT2D eigenvalue weighted by Crippen LogP contribution is 2.25. The minimum atomic E-state index is 0.423. The van der Waals surface area contributed by atoms with Crippen molar-refractivity contribution in [3.8, 4) is 0 Å². The molecule has 2 nitrogen and oxygen atoms in total. The average molecular weight is 286 g/mol. The van der Waals surface area contributed by atoms with E-state index < -0.39 is 0 Å². The van der Waals surface area contributed by atoms with Gasteiger partial charge in [0.15, 0.2) is 0 Å². The first kappa shape index (κ1) is 13.9. The summed E-state index contributed by atoms with van der Waals surface area (Å²) in [6, 6.07) is 3.43. The third kappa shape index (κ3) is 3.71. The Morgan fingerprint density at radius 2 is 2.06 bits per heavy atom. The molecule has 1 aliphatic carbocycles. The molecule has 1 aromatic rings. The van der Waals surface area contributed by atoms with E-state index in [1.54, 1.807) is 12.1 Å². The number of allylic oxidation sites excluding steroid dienone is 2. The molecule has 2 rings (SSSR count). The van der Waals surface area contributed by atoms with Crippen LogP contribution < -0.4 is 0 Å². The van der Waals surface area contributed by atoms with E-state index in [0.29, 0.717) is 34.3 Å². The second-order valence-electron chi connectivity index (χ2n) is 4.76. The number of halogens is 2. The Kier molecular flexibility index (Phi) is 5.04. The SMILES string of the molecule is CC1CC=CCC1COCc1nc(Cl)ccc1Cl. The molecule has 1 aliphatic rings. The van der Waals surface area contributed by atoms with Crippen molar-refractivity contribution >= 4 is 23.2 Å². The molecule has 0 aliphatic heterocycles. The van der Waals surface area contributed by atoms with E-state index in [1.807, 2.05) is 0 Å². The Morgan fingerprint density at radius 1 is 1.28 bits per heavy atom. The molecule has 0 amide bonds. The molecule has 0 saturated carbocycles. The summed E-state index contributed by atoms with van der Waals surface area (Å²) < 4.78 is 5.73. The number of aromatic nitrogens is 1. The fourth-order valence-electron chi connectivity index (χ4n) is 2.10. The van der Waals surface area contributed by atoms with Gasteiger partial charge in [0.1, 0.15) is 5.15 Å². The summed E-state index contributed by atoms with van der Waals surface area (Å²) in [6.45, 7) is 3.44. The van der Waals surface area contributed by atoms with Crippen molar-refractivity contribution in [1.29, 1.82) is 0 Å². The predicted octanol–water partition coefficient (Wildman–Crippen LogP) is 4.51. The van der Waals surface area contributed by atoms with Crippen LogP contribution in [0.3, 0.4) is 0 Å². The fraction of sp³-hybridized carbons (Fsp3) is 0.500. The fourth-order valence-corrected chi connectivity index (χ4v) is 2.43. The normalized spacial score (nSPS) is 23.3. The van der Waals surface area contributed by atoms with Gasteiger partial charge in [0.2, 0.25) is 0 Å². The highest BCUT2D eigenvalue weighted by atomic mass is 35.5. The molecule has 0 spiro atoms. The predicted molar refractivity (Wildman–Crippen MR) is 74.9 cm³/mol. The molecule has 18 heavy (non-hydrogen) atoms. The summed E-state index contributed by atoms with van der Waals surface area (Å²) >= 11 is 11.9. The number of hydrogen-bond acceptors (Lipinski definition) is 2. The second kappa shape index (κ2) is 6.55. The third-order valence-corrected chi connectivity index (χ3v) is 3.93. The highest BCUT2D eigenvalue weighted by Gasteiger charge is 2.18. The van der Waals surface area contributed by atoms with Gasteiger partial charge in [-0.05, 0) is 36.8 Å². The van der Waals surface area contributed by atoms with Gasteiger partial charge >= 0.3 is 0 Å². The molecule has 0 fully saturated rings. The van der Waals surface area contributed by atoms with Crippen LogP contribution in [0, 0.1) is 11.8 Å². The van der Waals surface area contributed by atoms with Crippen LogP contribution in [0.2, 0.25) is 10.2 Å². The lowest BCUT2D eigenvalue weighted by Crippen LogP contribution is -2.19. The van der Waals surface area contributed by atoms with Crippen LogP contribution in [0.5, 0.6) is 0 Å². The van der Waals surface area contributed by atoms with Crippen LogP contribution in [0.15, 0.2) is 24.3 Å². The summed E-state index contributed by atoms with van der Waals surface area (Å²) in [5.41, 5.74) is 0.711. The van der Waals surface area contributed by atoms with Crippen LogP contribution >= 0.6 is 23.2 Å². The summed E-state index contributed by atoms with van der Waals surface area (Å²) in [5, 5.41) is 1.06. The minimum absolute atomic E-state index is 0.423. The molecular weight excluding hydrogens is 269 g/mol.